The summed E-state index contributed by atoms with van der Waals surface area (Å²) in [6.45, 7) is 0.469. The highest BCUT2D eigenvalue weighted by atomic mass is 32.2. The number of nitrogens with one attached hydrogen (secondary N) is 1. The van der Waals surface area contributed by atoms with Crippen LogP contribution in [0.5, 0.6) is 0 Å². The number of fused-ring (bicyclic) bond motifs is 1. The van der Waals surface area contributed by atoms with Gasteiger partial charge in [-0.2, -0.15) is 4.72 Å². The highest BCUT2D eigenvalue weighted by Crippen LogP contribution is 2.19. The van der Waals surface area contributed by atoms with E-state index in [0.29, 0.717) is 12.1 Å². The van der Waals surface area contributed by atoms with Gasteiger partial charge in [-0.3, -0.25) is 4.79 Å². The summed E-state index contributed by atoms with van der Waals surface area (Å²) in [5, 5.41) is 2.36. The number of amides is 1. The third-order valence-corrected chi connectivity index (χ3v) is 6.14. The number of benzene rings is 3. The quantitative estimate of drug-likeness (QED) is 0.613. The van der Waals surface area contributed by atoms with Crippen LogP contribution >= 0.6 is 0 Å². The Morgan fingerprint density at radius 3 is 2.45 bits per heavy atom. The topological polar surface area (TPSA) is 66.5 Å². The number of sulfonamides is 1. The molecule has 1 amide bonds. The Labute approximate surface area is 171 Å². The van der Waals surface area contributed by atoms with Gasteiger partial charge in [-0.1, -0.05) is 48.4 Å². The molecule has 0 aliphatic carbocycles. The number of hydrogen-bond acceptors (Lipinski definition) is 3. The Kier molecular flexibility index (Phi) is 6.32. The molecule has 1 N–H and O–H groups in total. The first kappa shape index (κ1) is 20.6. The molecule has 0 saturated carbocycles. The van der Waals surface area contributed by atoms with Crippen LogP contribution in [0.2, 0.25) is 0 Å². The van der Waals surface area contributed by atoms with Crippen LogP contribution in [0.4, 0.5) is 0 Å². The molecule has 0 bridgehead atoms. The molecule has 0 fully saturated rings. The lowest BCUT2D eigenvalue weighted by molar-refractivity contribution is 0.0796. The minimum atomic E-state index is -3.67. The number of rotatable bonds is 7. The second kappa shape index (κ2) is 8.91. The molecule has 3 aromatic rings. The van der Waals surface area contributed by atoms with E-state index >= 15 is 0 Å². The SMILES string of the molecule is C#CCNS(=O)(=O)c1ccc(C(=O)N(C)CCc2cccc3ccccc23)cc1. The lowest BCUT2D eigenvalue weighted by Crippen LogP contribution is -2.29. The fourth-order valence-electron chi connectivity index (χ4n) is 3.12. The Bertz CT molecular complexity index is 1160. The minimum absolute atomic E-state index is 0.0720. The van der Waals surface area contributed by atoms with Crippen molar-refractivity contribution in [3.63, 3.8) is 0 Å². The molecule has 0 heterocycles. The minimum Gasteiger partial charge on any atom is -0.341 e. The molecular formula is C23H22N2O3S. The lowest BCUT2D eigenvalue weighted by atomic mass is 10.0. The van der Waals surface area contributed by atoms with Crippen molar-refractivity contribution < 1.29 is 13.2 Å². The van der Waals surface area contributed by atoms with Gasteiger partial charge in [0.15, 0.2) is 0 Å². The third kappa shape index (κ3) is 4.83. The fourth-order valence-corrected chi connectivity index (χ4v) is 4.05. The van der Waals surface area contributed by atoms with Crippen molar-refractivity contribution in [3.8, 4) is 12.3 Å². The maximum atomic E-state index is 12.7. The average Bonchev–Trinajstić information content (AvgIpc) is 2.75. The van der Waals surface area contributed by atoms with Gasteiger partial charge in [0.1, 0.15) is 0 Å². The zero-order valence-electron chi connectivity index (χ0n) is 16.1. The highest BCUT2D eigenvalue weighted by Gasteiger charge is 2.16. The predicted octanol–water partition coefficient (Wildman–Crippen LogP) is 3.07. The molecule has 3 rings (SSSR count). The molecule has 0 aliphatic heterocycles. The van der Waals surface area contributed by atoms with Gasteiger partial charge in [0, 0.05) is 19.2 Å². The van der Waals surface area contributed by atoms with Crippen molar-refractivity contribution in [1.82, 2.24) is 9.62 Å². The molecule has 0 unspecified atom stereocenters. The Morgan fingerprint density at radius 1 is 1.03 bits per heavy atom. The van der Waals surface area contributed by atoms with Crippen LogP contribution in [-0.2, 0) is 16.4 Å². The maximum Gasteiger partial charge on any atom is 0.253 e. The Hall–Kier alpha value is -3.14. The molecule has 3 aromatic carbocycles. The van der Waals surface area contributed by atoms with Gasteiger partial charge in [-0.05, 0) is 47.0 Å². The zero-order valence-corrected chi connectivity index (χ0v) is 16.9. The van der Waals surface area contributed by atoms with Gasteiger partial charge in [-0.25, -0.2) is 8.42 Å². The second-order valence-electron chi connectivity index (χ2n) is 6.67. The van der Waals surface area contributed by atoms with Crippen molar-refractivity contribution in [2.75, 3.05) is 20.1 Å². The van der Waals surface area contributed by atoms with Gasteiger partial charge in [0.05, 0.1) is 11.4 Å². The highest BCUT2D eigenvalue weighted by molar-refractivity contribution is 7.89. The van der Waals surface area contributed by atoms with E-state index in [1.807, 2.05) is 18.2 Å². The number of likely N-dealkylation sites (N-methyl/N-ethyl adjacent to an activating group) is 1. The van der Waals surface area contributed by atoms with Gasteiger partial charge in [0.2, 0.25) is 10.0 Å². The summed E-state index contributed by atoms with van der Waals surface area (Å²) in [5.41, 5.74) is 1.62. The van der Waals surface area contributed by atoms with Crippen molar-refractivity contribution in [2.24, 2.45) is 0 Å². The van der Waals surface area contributed by atoms with Crippen molar-refractivity contribution in [2.45, 2.75) is 11.3 Å². The molecule has 0 spiro atoms. The van der Waals surface area contributed by atoms with E-state index in [0.717, 1.165) is 6.42 Å². The van der Waals surface area contributed by atoms with Crippen molar-refractivity contribution in [1.29, 1.82) is 0 Å². The Morgan fingerprint density at radius 2 is 1.72 bits per heavy atom. The number of terminal acetylenes is 1. The largest absolute Gasteiger partial charge is 0.341 e. The van der Waals surface area contributed by atoms with Gasteiger partial charge in [-0.15, -0.1) is 6.42 Å². The van der Waals surface area contributed by atoms with Gasteiger partial charge < -0.3 is 4.90 Å². The van der Waals surface area contributed by atoms with Crippen LogP contribution in [0.15, 0.2) is 71.6 Å². The van der Waals surface area contributed by atoms with E-state index in [2.05, 4.69) is 34.9 Å². The molecule has 148 valence electrons. The van der Waals surface area contributed by atoms with E-state index in [4.69, 9.17) is 6.42 Å². The van der Waals surface area contributed by atoms with Crippen LogP contribution in [0, 0.1) is 12.3 Å². The molecule has 6 heteroatoms. The molecule has 29 heavy (non-hydrogen) atoms. The summed E-state index contributed by atoms with van der Waals surface area (Å²) in [4.78, 5) is 14.4. The molecule has 5 nitrogen and oxygen atoms in total. The lowest BCUT2D eigenvalue weighted by Gasteiger charge is -2.18. The molecule has 0 saturated heterocycles. The van der Waals surface area contributed by atoms with E-state index < -0.39 is 10.0 Å². The molecule has 0 radical (unpaired) electrons. The normalized spacial score (nSPS) is 11.2. The van der Waals surface area contributed by atoms with Crippen LogP contribution in [-0.4, -0.2) is 39.4 Å². The maximum absolute atomic E-state index is 12.7. The monoisotopic (exact) mass is 406 g/mol. The summed E-state index contributed by atoms with van der Waals surface area (Å²) >= 11 is 0. The average molecular weight is 407 g/mol. The number of carbonyl (C=O) groups is 1. The first-order valence-electron chi connectivity index (χ1n) is 9.17. The van der Waals surface area contributed by atoms with E-state index in [1.54, 1.807) is 11.9 Å². The third-order valence-electron chi connectivity index (χ3n) is 4.72. The first-order valence-corrected chi connectivity index (χ1v) is 10.7. The predicted molar refractivity (Wildman–Crippen MR) is 115 cm³/mol. The zero-order chi connectivity index (χ0) is 20.9. The van der Waals surface area contributed by atoms with Crippen molar-refractivity contribution >= 4 is 26.7 Å². The van der Waals surface area contributed by atoms with Crippen molar-refractivity contribution in [3.05, 3.63) is 77.9 Å². The van der Waals surface area contributed by atoms with Crippen LogP contribution in [0.3, 0.4) is 0 Å². The summed E-state index contributed by atoms with van der Waals surface area (Å²) in [6.07, 6.45) is 5.81. The summed E-state index contributed by atoms with van der Waals surface area (Å²) in [7, 11) is -1.93. The smallest absolute Gasteiger partial charge is 0.253 e. The summed E-state index contributed by atoms with van der Waals surface area (Å²) in [6, 6.07) is 20.2. The van der Waals surface area contributed by atoms with E-state index in [9.17, 15) is 13.2 Å². The molecule has 0 aromatic heterocycles. The number of hydrogen-bond donors (Lipinski definition) is 1. The fraction of sp³-hybridized carbons (Fsp3) is 0.174. The van der Waals surface area contributed by atoms with Gasteiger partial charge >= 0.3 is 0 Å². The standard InChI is InChI=1S/C23H22N2O3S/c1-3-16-24-29(27,28)21-13-11-20(12-14-21)23(26)25(2)17-15-19-9-6-8-18-7-4-5-10-22(18)19/h1,4-14,24H,15-17H2,2H3. The summed E-state index contributed by atoms with van der Waals surface area (Å²) < 4.78 is 26.4. The first-order chi connectivity index (χ1) is 13.9. The van der Waals surface area contributed by atoms with Crippen LogP contribution in [0.1, 0.15) is 15.9 Å². The van der Waals surface area contributed by atoms with E-state index in [1.165, 1.54) is 40.6 Å². The molecular weight excluding hydrogens is 384 g/mol. The van der Waals surface area contributed by atoms with Gasteiger partial charge in [0.25, 0.3) is 5.91 Å². The van der Waals surface area contributed by atoms with Crippen LogP contribution in [0.25, 0.3) is 10.8 Å². The van der Waals surface area contributed by atoms with Crippen LogP contribution < -0.4 is 4.72 Å². The van der Waals surface area contributed by atoms with E-state index in [-0.39, 0.29) is 17.3 Å². The second-order valence-corrected chi connectivity index (χ2v) is 8.43. The number of carbonyl (C=O) groups excluding carboxylic acids is 1. The molecule has 0 aliphatic rings. The summed E-state index contributed by atoms with van der Waals surface area (Å²) in [5.74, 6) is 2.06. The molecule has 0 atom stereocenters. The Balaban J connectivity index is 1.68. The number of nitrogens with zero attached hydrogens (tertiary/aromatic N) is 1.